The molecule has 0 saturated heterocycles. The number of aromatic nitrogens is 3. The van der Waals surface area contributed by atoms with E-state index in [1.54, 1.807) is 7.05 Å². The first-order valence-electron chi connectivity index (χ1n) is 4.85. The van der Waals surface area contributed by atoms with Crippen LogP contribution < -0.4 is 5.69 Å². The molecular formula is C9H15N3O. The van der Waals surface area contributed by atoms with Crippen molar-refractivity contribution in [3.63, 3.8) is 0 Å². The molecule has 1 fully saturated rings. The average molecular weight is 181 g/mol. The predicted molar refractivity (Wildman–Crippen MR) is 49.6 cm³/mol. The summed E-state index contributed by atoms with van der Waals surface area (Å²) in [4.78, 5) is 11.6. The molecule has 0 amide bonds. The lowest BCUT2D eigenvalue weighted by Gasteiger charge is -2.00. The minimum Gasteiger partial charge on any atom is -0.279 e. The predicted octanol–water partition coefficient (Wildman–Crippen LogP) is 0.554. The first-order valence-corrected chi connectivity index (χ1v) is 4.85. The Hall–Kier alpha value is -1.06. The SMILES string of the molecule is CCc1nn(C)c(=O)n1CC1CC1. The van der Waals surface area contributed by atoms with E-state index >= 15 is 0 Å². The van der Waals surface area contributed by atoms with Crippen molar-refractivity contribution >= 4 is 0 Å². The van der Waals surface area contributed by atoms with E-state index in [1.807, 2.05) is 11.5 Å². The highest BCUT2D eigenvalue weighted by Crippen LogP contribution is 2.30. The summed E-state index contributed by atoms with van der Waals surface area (Å²) in [6.07, 6.45) is 3.37. The maximum absolute atomic E-state index is 11.6. The fourth-order valence-corrected chi connectivity index (χ4v) is 1.56. The summed E-state index contributed by atoms with van der Waals surface area (Å²) in [5.74, 6) is 1.64. The highest BCUT2D eigenvalue weighted by Gasteiger charge is 2.24. The minimum absolute atomic E-state index is 0.0313. The van der Waals surface area contributed by atoms with Crippen molar-refractivity contribution in [1.82, 2.24) is 14.3 Å². The van der Waals surface area contributed by atoms with Crippen LogP contribution in [0.5, 0.6) is 0 Å². The van der Waals surface area contributed by atoms with Crippen LogP contribution in [0.15, 0.2) is 4.79 Å². The summed E-state index contributed by atoms with van der Waals surface area (Å²) < 4.78 is 3.25. The topological polar surface area (TPSA) is 39.8 Å². The first-order chi connectivity index (χ1) is 6.22. The number of hydrogen-bond donors (Lipinski definition) is 0. The molecule has 1 aromatic rings. The van der Waals surface area contributed by atoms with Crippen LogP contribution in [0.2, 0.25) is 0 Å². The average Bonchev–Trinajstić information content (AvgIpc) is 2.88. The van der Waals surface area contributed by atoms with Gasteiger partial charge in [0.05, 0.1) is 0 Å². The van der Waals surface area contributed by atoms with Gasteiger partial charge in [-0.3, -0.25) is 4.57 Å². The molecule has 1 aliphatic rings. The lowest BCUT2D eigenvalue weighted by molar-refractivity contribution is 0.577. The van der Waals surface area contributed by atoms with Gasteiger partial charge in [-0.15, -0.1) is 0 Å². The van der Waals surface area contributed by atoms with Crippen LogP contribution in [0.4, 0.5) is 0 Å². The van der Waals surface area contributed by atoms with E-state index in [4.69, 9.17) is 0 Å². The van der Waals surface area contributed by atoms with Crippen LogP contribution in [0, 0.1) is 5.92 Å². The van der Waals surface area contributed by atoms with Gasteiger partial charge in [0.15, 0.2) is 0 Å². The van der Waals surface area contributed by atoms with Gasteiger partial charge >= 0.3 is 5.69 Å². The van der Waals surface area contributed by atoms with E-state index in [0.717, 1.165) is 24.7 Å². The lowest BCUT2D eigenvalue weighted by atomic mass is 10.4. The summed E-state index contributed by atoms with van der Waals surface area (Å²) in [5.41, 5.74) is 0.0313. The number of rotatable bonds is 3. The molecule has 0 aromatic carbocycles. The second-order valence-corrected chi connectivity index (χ2v) is 3.73. The van der Waals surface area contributed by atoms with Crippen molar-refractivity contribution in [3.8, 4) is 0 Å². The van der Waals surface area contributed by atoms with Crippen molar-refractivity contribution < 1.29 is 0 Å². The summed E-state index contributed by atoms with van der Waals surface area (Å²) >= 11 is 0. The Morgan fingerprint density at radius 2 is 2.23 bits per heavy atom. The van der Waals surface area contributed by atoms with Gasteiger partial charge in [-0.2, -0.15) is 5.10 Å². The molecule has 1 aliphatic carbocycles. The van der Waals surface area contributed by atoms with Crippen molar-refractivity contribution in [1.29, 1.82) is 0 Å². The number of hydrogen-bond acceptors (Lipinski definition) is 2. The molecule has 1 heterocycles. The van der Waals surface area contributed by atoms with Crippen molar-refractivity contribution in [2.45, 2.75) is 32.7 Å². The molecule has 0 aliphatic heterocycles. The van der Waals surface area contributed by atoms with E-state index in [0.29, 0.717) is 0 Å². The Morgan fingerprint density at radius 1 is 1.54 bits per heavy atom. The fourth-order valence-electron chi connectivity index (χ4n) is 1.56. The molecule has 4 heteroatoms. The van der Waals surface area contributed by atoms with Crippen LogP contribution in [0.25, 0.3) is 0 Å². The van der Waals surface area contributed by atoms with Crippen molar-refractivity contribution in [2.75, 3.05) is 0 Å². The molecule has 1 saturated carbocycles. The lowest BCUT2D eigenvalue weighted by Crippen LogP contribution is -2.24. The molecule has 1 aromatic heterocycles. The van der Waals surface area contributed by atoms with E-state index in [9.17, 15) is 4.79 Å². The molecule has 0 atom stereocenters. The fraction of sp³-hybridized carbons (Fsp3) is 0.778. The molecule has 4 nitrogen and oxygen atoms in total. The standard InChI is InChI=1S/C9H15N3O/c1-3-8-10-11(2)9(13)12(8)6-7-4-5-7/h7H,3-6H2,1-2H3. The van der Waals surface area contributed by atoms with Crippen molar-refractivity contribution in [3.05, 3.63) is 16.3 Å². The van der Waals surface area contributed by atoms with E-state index < -0.39 is 0 Å². The molecule has 72 valence electrons. The number of aryl methyl sites for hydroxylation is 2. The van der Waals surface area contributed by atoms with E-state index in [2.05, 4.69) is 5.10 Å². The Balaban J connectivity index is 2.33. The van der Waals surface area contributed by atoms with Crippen LogP contribution in [-0.2, 0) is 20.0 Å². The van der Waals surface area contributed by atoms with Crippen LogP contribution in [0.1, 0.15) is 25.6 Å². The molecule has 0 N–H and O–H groups in total. The van der Waals surface area contributed by atoms with Gasteiger partial charge in [-0.25, -0.2) is 9.48 Å². The minimum atomic E-state index is 0.0313. The third-order valence-electron chi connectivity index (χ3n) is 2.54. The monoisotopic (exact) mass is 181 g/mol. The van der Waals surface area contributed by atoms with E-state index in [-0.39, 0.29) is 5.69 Å². The normalized spacial score (nSPS) is 16.5. The third-order valence-corrected chi connectivity index (χ3v) is 2.54. The van der Waals surface area contributed by atoms with Gasteiger partial charge in [0.25, 0.3) is 0 Å². The zero-order valence-corrected chi connectivity index (χ0v) is 8.16. The summed E-state index contributed by atoms with van der Waals surface area (Å²) in [7, 11) is 1.71. The second kappa shape index (κ2) is 3.01. The van der Waals surface area contributed by atoms with Gasteiger partial charge in [-0.1, -0.05) is 6.92 Å². The largest absolute Gasteiger partial charge is 0.345 e. The third kappa shape index (κ3) is 1.53. The van der Waals surface area contributed by atoms with E-state index in [1.165, 1.54) is 17.5 Å². The smallest absolute Gasteiger partial charge is 0.279 e. The Labute approximate surface area is 77.2 Å². The van der Waals surface area contributed by atoms with Gasteiger partial charge < -0.3 is 0 Å². The molecular weight excluding hydrogens is 166 g/mol. The van der Waals surface area contributed by atoms with Crippen LogP contribution >= 0.6 is 0 Å². The van der Waals surface area contributed by atoms with Gasteiger partial charge in [-0.05, 0) is 18.8 Å². The molecule has 0 unspecified atom stereocenters. The first kappa shape index (κ1) is 8.53. The zero-order valence-electron chi connectivity index (χ0n) is 8.16. The van der Waals surface area contributed by atoms with Crippen LogP contribution in [-0.4, -0.2) is 14.3 Å². The Morgan fingerprint density at radius 3 is 2.77 bits per heavy atom. The molecule has 13 heavy (non-hydrogen) atoms. The van der Waals surface area contributed by atoms with Gasteiger partial charge in [0, 0.05) is 20.0 Å². The number of nitrogens with zero attached hydrogens (tertiary/aromatic N) is 3. The van der Waals surface area contributed by atoms with Gasteiger partial charge in [0.2, 0.25) is 0 Å². The molecule has 0 radical (unpaired) electrons. The maximum Gasteiger partial charge on any atom is 0.345 e. The highest BCUT2D eigenvalue weighted by molar-refractivity contribution is 4.89. The zero-order chi connectivity index (χ0) is 9.42. The van der Waals surface area contributed by atoms with Gasteiger partial charge in [0.1, 0.15) is 5.82 Å². The van der Waals surface area contributed by atoms with Crippen LogP contribution in [0.3, 0.4) is 0 Å². The Kier molecular flexibility index (Phi) is 1.98. The van der Waals surface area contributed by atoms with Crippen molar-refractivity contribution in [2.24, 2.45) is 13.0 Å². The second-order valence-electron chi connectivity index (χ2n) is 3.73. The quantitative estimate of drug-likeness (QED) is 0.683. The summed E-state index contributed by atoms with van der Waals surface area (Å²) in [6.45, 7) is 2.90. The maximum atomic E-state index is 11.6. The summed E-state index contributed by atoms with van der Waals surface area (Å²) in [6, 6.07) is 0. The Bertz CT molecular complexity index is 359. The molecule has 2 rings (SSSR count). The molecule has 0 spiro atoms. The summed E-state index contributed by atoms with van der Waals surface area (Å²) in [5, 5.41) is 4.18. The molecule has 0 bridgehead atoms. The highest BCUT2D eigenvalue weighted by atomic mass is 16.2.